The molecule has 2 fully saturated rings. The fourth-order valence-corrected chi connectivity index (χ4v) is 2.71. The van der Waals surface area contributed by atoms with Gasteiger partial charge < -0.3 is 19.8 Å². The van der Waals surface area contributed by atoms with Gasteiger partial charge >= 0.3 is 12.0 Å². The molecule has 0 aromatic heterocycles. The van der Waals surface area contributed by atoms with Crippen molar-refractivity contribution in [3.8, 4) is 0 Å². The van der Waals surface area contributed by atoms with Crippen LogP contribution in [0.15, 0.2) is 0 Å². The van der Waals surface area contributed by atoms with Gasteiger partial charge in [0.05, 0.1) is 6.42 Å². The summed E-state index contributed by atoms with van der Waals surface area (Å²) in [6.07, 6.45) is 0.169. The van der Waals surface area contributed by atoms with Gasteiger partial charge in [-0.05, 0) is 14.0 Å². The third kappa shape index (κ3) is 2.75. The van der Waals surface area contributed by atoms with E-state index in [1.165, 1.54) is 0 Å². The molecule has 0 aromatic carbocycles. The molecule has 0 radical (unpaired) electrons. The maximum absolute atomic E-state index is 12.2. The number of rotatable bonds is 2. The SMILES string of the molecule is CC1CN(C)CCN1C(=O)N1CC(CC(=O)O)C1. The summed E-state index contributed by atoms with van der Waals surface area (Å²) in [7, 11) is 2.06. The molecule has 18 heavy (non-hydrogen) atoms. The van der Waals surface area contributed by atoms with E-state index in [-0.39, 0.29) is 24.4 Å². The van der Waals surface area contributed by atoms with Crippen LogP contribution in [-0.2, 0) is 4.79 Å². The normalized spacial score (nSPS) is 26.0. The van der Waals surface area contributed by atoms with Crippen molar-refractivity contribution in [1.29, 1.82) is 0 Å². The molecule has 0 saturated carbocycles. The van der Waals surface area contributed by atoms with E-state index in [4.69, 9.17) is 5.11 Å². The van der Waals surface area contributed by atoms with E-state index in [0.717, 1.165) is 19.6 Å². The summed E-state index contributed by atoms with van der Waals surface area (Å²) >= 11 is 0. The molecule has 0 spiro atoms. The first-order valence-corrected chi connectivity index (χ1v) is 6.43. The minimum absolute atomic E-state index is 0.0669. The number of urea groups is 1. The van der Waals surface area contributed by atoms with Crippen LogP contribution in [0.1, 0.15) is 13.3 Å². The molecule has 2 aliphatic rings. The number of carbonyl (C=O) groups is 2. The third-order valence-electron chi connectivity index (χ3n) is 3.77. The van der Waals surface area contributed by atoms with Gasteiger partial charge in [-0.3, -0.25) is 4.79 Å². The van der Waals surface area contributed by atoms with Crippen molar-refractivity contribution in [2.75, 3.05) is 39.8 Å². The molecule has 102 valence electrons. The standard InChI is InChI=1S/C12H21N3O3/c1-9-6-13(2)3-4-15(9)12(18)14-7-10(8-14)5-11(16)17/h9-10H,3-8H2,1-2H3,(H,16,17). The Balaban J connectivity index is 1.81. The number of hydrogen-bond donors (Lipinski definition) is 1. The molecule has 1 unspecified atom stereocenters. The molecule has 2 amide bonds. The smallest absolute Gasteiger partial charge is 0.320 e. The molecule has 2 aliphatic heterocycles. The monoisotopic (exact) mass is 255 g/mol. The van der Waals surface area contributed by atoms with Crippen LogP contribution in [0.4, 0.5) is 4.79 Å². The summed E-state index contributed by atoms with van der Waals surface area (Å²) in [5, 5.41) is 8.67. The molecule has 6 heteroatoms. The highest BCUT2D eigenvalue weighted by molar-refractivity contribution is 5.76. The highest BCUT2D eigenvalue weighted by Crippen LogP contribution is 2.22. The Kier molecular flexibility index (Phi) is 3.75. The molecule has 0 aliphatic carbocycles. The first-order valence-electron chi connectivity index (χ1n) is 6.43. The average Bonchev–Trinajstić information content (AvgIpc) is 2.21. The van der Waals surface area contributed by atoms with Gasteiger partial charge in [0.2, 0.25) is 0 Å². The van der Waals surface area contributed by atoms with Gasteiger partial charge in [-0.25, -0.2) is 4.79 Å². The highest BCUT2D eigenvalue weighted by atomic mass is 16.4. The molecule has 1 N–H and O–H groups in total. The Morgan fingerprint density at radius 3 is 2.44 bits per heavy atom. The van der Waals surface area contributed by atoms with Gasteiger partial charge in [0.15, 0.2) is 0 Å². The van der Waals surface area contributed by atoms with E-state index >= 15 is 0 Å². The van der Waals surface area contributed by atoms with Crippen LogP contribution in [0.5, 0.6) is 0 Å². The zero-order chi connectivity index (χ0) is 13.3. The number of carbonyl (C=O) groups excluding carboxylic acids is 1. The lowest BCUT2D eigenvalue weighted by atomic mass is 9.97. The quantitative estimate of drug-likeness (QED) is 0.763. The van der Waals surface area contributed by atoms with Gasteiger partial charge in [-0.1, -0.05) is 0 Å². The molecule has 0 bridgehead atoms. The highest BCUT2D eigenvalue weighted by Gasteiger charge is 2.36. The molecular formula is C12H21N3O3. The predicted octanol–water partition coefficient (Wildman–Crippen LogP) is 0.149. The summed E-state index contributed by atoms with van der Waals surface area (Å²) in [6, 6.07) is 0.298. The summed E-state index contributed by atoms with van der Waals surface area (Å²) in [6.45, 7) is 5.80. The Morgan fingerprint density at radius 2 is 1.89 bits per heavy atom. The summed E-state index contributed by atoms with van der Waals surface area (Å²) in [5.41, 5.74) is 0. The fraction of sp³-hybridized carbons (Fsp3) is 0.833. The molecule has 2 heterocycles. The van der Waals surface area contributed by atoms with E-state index in [0.29, 0.717) is 13.1 Å². The molecule has 6 nitrogen and oxygen atoms in total. The first-order chi connectivity index (χ1) is 8.47. The number of hydrogen-bond acceptors (Lipinski definition) is 3. The van der Waals surface area contributed by atoms with E-state index in [2.05, 4.69) is 18.9 Å². The lowest BCUT2D eigenvalue weighted by Crippen LogP contribution is -2.61. The summed E-state index contributed by atoms with van der Waals surface area (Å²) in [5.74, 6) is -0.644. The van der Waals surface area contributed by atoms with E-state index in [1.54, 1.807) is 4.90 Å². The fourth-order valence-electron chi connectivity index (χ4n) is 2.71. The van der Waals surface area contributed by atoms with Crippen molar-refractivity contribution in [1.82, 2.24) is 14.7 Å². The van der Waals surface area contributed by atoms with Crippen LogP contribution in [0.25, 0.3) is 0 Å². The van der Waals surface area contributed by atoms with Gasteiger partial charge in [0.25, 0.3) is 0 Å². The summed E-state index contributed by atoms with van der Waals surface area (Å²) < 4.78 is 0. The Hall–Kier alpha value is -1.30. The predicted molar refractivity (Wildman–Crippen MR) is 66.4 cm³/mol. The van der Waals surface area contributed by atoms with Crippen molar-refractivity contribution >= 4 is 12.0 Å². The van der Waals surface area contributed by atoms with Crippen LogP contribution >= 0.6 is 0 Å². The number of amides is 2. The number of carboxylic acid groups (broad SMARTS) is 1. The maximum atomic E-state index is 12.2. The van der Waals surface area contributed by atoms with Crippen LogP contribution in [0.3, 0.4) is 0 Å². The van der Waals surface area contributed by atoms with Crippen LogP contribution in [0.2, 0.25) is 0 Å². The number of aliphatic carboxylic acids is 1. The number of likely N-dealkylation sites (tertiary alicyclic amines) is 1. The van der Waals surface area contributed by atoms with Gasteiger partial charge in [0, 0.05) is 44.7 Å². The lowest BCUT2D eigenvalue weighted by Gasteiger charge is -2.45. The van der Waals surface area contributed by atoms with Crippen molar-refractivity contribution < 1.29 is 14.7 Å². The lowest BCUT2D eigenvalue weighted by molar-refractivity contribution is -0.139. The van der Waals surface area contributed by atoms with E-state index in [1.807, 2.05) is 4.90 Å². The van der Waals surface area contributed by atoms with Crippen LogP contribution in [0, 0.1) is 5.92 Å². The Labute approximate surface area is 107 Å². The van der Waals surface area contributed by atoms with Crippen molar-refractivity contribution in [3.05, 3.63) is 0 Å². The second kappa shape index (κ2) is 5.14. The molecule has 0 aromatic rings. The third-order valence-corrected chi connectivity index (χ3v) is 3.77. The molecule has 2 saturated heterocycles. The van der Waals surface area contributed by atoms with Crippen molar-refractivity contribution in [2.24, 2.45) is 5.92 Å². The maximum Gasteiger partial charge on any atom is 0.320 e. The Morgan fingerprint density at radius 1 is 1.22 bits per heavy atom. The molecule has 2 rings (SSSR count). The Bertz CT molecular complexity index is 341. The van der Waals surface area contributed by atoms with Crippen LogP contribution in [-0.4, -0.2) is 77.6 Å². The topological polar surface area (TPSA) is 64.1 Å². The number of carboxylic acids is 1. The second-order valence-corrected chi connectivity index (χ2v) is 5.46. The average molecular weight is 255 g/mol. The van der Waals surface area contributed by atoms with E-state index in [9.17, 15) is 9.59 Å². The van der Waals surface area contributed by atoms with Gasteiger partial charge in [-0.2, -0.15) is 0 Å². The number of nitrogens with zero attached hydrogens (tertiary/aromatic N) is 3. The zero-order valence-electron chi connectivity index (χ0n) is 11.0. The number of likely N-dealkylation sites (N-methyl/N-ethyl adjacent to an activating group) is 1. The van der Waals surface area contributed by atoms with Crippen LogP contribution < -0.4 is 0 Å². The summed E-state index contributed by atoms with van der Waals surface area (Å²) in [4.78, 5) is 28.6. The number of piperazine rings is 1. The first kappa shape index (κ1) is 13.1. The molecule has 1 atom stereocenters. The van der Waals surface area contributed by atoms with Crippen molar-refractivity contribution in [3.63, 3.8) is 0 Å². The zero-order valence-corrected chi connectivity index (χ0v) is 11.0. The minimum atomic E-state index is -0.778. The second-order valence-electron chi connectivity index (χ2n) is 5.46. The van der Waals surface area contributed by atoms with Gasteiger partial charge in [0.1, 0.15) is 0 Å². The molecular weight excluding hydrogens is 234 g/mol. The minimum Gasteiger partial charge on any atom is -0.481 e. The van der Waals surface area contributed by atoms with Crippen molar-refractivity contribution in [2.45, 2.75) is 19.4 Å². The van der Waals surface area contributed by atoms with Gasteiger partial charge in [-0.15, -0.1) is 0 Å². The van der Waals surface area contributed by atoms with E-state index < -0.39 is 5.97 Å². The largest absolute Gasteiger partial charge is 0.481 e.